The van der Waals surface area contributed by atoms with E-state index in [0.29, 0.717) is 36.9 Å². The van der Waals surface area contributed by atoms with E-state index in [9.17, 15) is 9.59 Å². The molecule has 1 aliphatic heterocycles. The van der Waals surface area contributed by atoms with Gasteiger partial charge in [0.2, 0.25) is 5.91 Å². The van der Waals surface area contributed by atoms with Crippen LogP contribution in [0.3, 0.4) is 0 Å². The molecular formula is C28H33N3O3S. The van der Waals surface area contributed by atoms with Crippen molar-refractivity contribution >= 4 is 28.8 Å². The molecule has 1 aromatic heterocycles. The molecule has 1 N–H and O–H groups in total. The lowest BCUT2D eigenvalue weighted by Crippen LogP contribution is -2.57. The van der Waals surface area contributed by atoms with Gasteiger partial charge in [0, 0.05) is 42.7 Å². The number of hydrogen-bond donors (Lipinski definition) is 1. The fourth-order valence-corrected chi connectivity index (χ4v) is 5.12. The Kier molecular flexibility index (Phi) is 8.21. The Balaban J connectivity index is 1.65. The Hall–Kier alpha value is -3.16. The number of benzene rings is 2. The molecule has 2 heterocycles. The Morgan fingerprint density at radius 2 is 1.77 bits per heavy atom. The van der Waals surface area contributed by atoms with Crippen LogP contribution in [0.2, 0.25) is 0 Å². The van der Waals surface area contributed by atoms with Crippen LogP contribution < -0.4 is 15.0 Å². The minimum absolute atomic E-state index is 0.0361. The molecule has 35 heavy (non-hydrogen) atoms. The van der Waals surface area contributed by atoms with Crippen LogP contribution in [0.1, 0.15) is 38.1 Å². The number of rotatable bonds is 8. The van der Waals surface area contributed by atoms with E-state index >= 15 is 0 Å². The van der Waals surface area contributed by atoms with Gasteiger partial charge in [-0.3, -0.25) is 14.5 Å². The lowest BCUT2D eigenvalue weighted by Gasteiger charge is -2.39. The van der Waals surface area contributed by atoms with E-state index in [1.165, 1.54) is 11.3 Å². The highest BCUT2D eigenvalue weighted by Gasteiger charge is 2.37. The minimum Gasteiger partial charge on any atom is -0.457 e. The van der Waals surface area contributed by atoms with E-state index < -0.39 is 6.04 Å². The summed E-state index contributed by atoms with van der Waals surface area (Å²) in [5.74, 6) is 1.70. The molecule has 3 aromatic rings. The molecule has 1 unspecified atom stereocenters. The third-order valence-electron chi connectivity index (χ3n) is 6.29. The molecule has 1 aliphatic rings. The zero-order valence-corrected chi connectivity index (χ0v) is 21.3. The summed E-state index contributed by atoms with van der Waals surface area (Å²) in [7, 11) is 0. The standard InChI is InChI=1S/C28H33N3O3S/c1-4-26(32)31(21-12-14-23(15-13-21)34-22-9-6-5-7-10-22)27(25-11-8-18-35-25)28(33)30-17-16-29-24(19-30)20(2)3/h5-15,18,20,24,27,29H,4,16-17,19H2,1-3H3/t24-,27?/m1/s1. The quantitative estimate of drug-likeness (QED) is 0.453. The van der Waals surface area contributed by atoms with Gasteiger partial charge in [-0.2, -0.15) is 0 Å². The van der Waals surface area contributed by atoms with Crippen molar-refractivity contribution in [3.63, 3.8) is 0 Å². The van der Waals surface area contributed by atoms with Gasteiger partial charge in [-0.15, -0.1) is 11.3 Å². The van der Waals surface area contributed by atoms with E-state index in [-0.39, 0.29) is 17.9 Å². The van der Waals surface area contributed by atoms with Gasteiger partial charge in [0.05, 0.1) is 0 Å². The summed E-state index contributed by atoms with van der Waals surface area (Å²) in [5.41, 5.74) is 0.680. The Labute approximate surface area is 211 Å². The number of nitrogens with one attached hydrogen (secondary N) is 1. The molecule has 2 atom stereocenters. The molecule has 184 valence electrons. The van der Waals surface area contributed by atoms with Gasteiger partial charge < -0.3 is 15.0 Å². The Morgan fingerprint density at radius 3 is 2.40 bits per heavy atom. The topological polar surface area (TPSA) is 61.9 Å². The lowest BCUT2D eigenvalue weighted by atomic mass is 10.0. The third kappa shape index (κ3) is 5.92. The highest BCUT2D eigenvalue weighted by atomic mass is 32.1. The summed E-state index contributed by atoms with van der Waals surface area (Å²) in [6.07, 6.45) is 0.299. The second kappa shape index (κ2) is 11.5. The van der Waals surface area contributed by atoms with Crippen LogP contribution >= 0.6 is 11.3 Å². The predicted molar refractivity (Wildman–Crippen MR) is 141 cm³/mol. The van der Waals surface area contributed by atoms with Crippen LogP contribution in [0.5, 0.6) is 11.5 Å². The number of piperazine rings is 1. The molecule has 1 saturated heterocycles. The van der Waals surface area contributed by atoms with E-state index in [2.05, 4.69) is 19.2 Å². The predicted octanol–water partition coefficient (Wildman–Crippen LogP) is 5.48. The first kappa shape index (κ1) is 24.9. The summed E-state index contributed by atoms with van der Waals surface area (Å²) < 4.78 is 5.93. The summed E-state index contributed by atoms with van der Waals surface area (Å²) in [6.45, 7) is 8.16. The molecule has 0 bridgehead atoms. The monoisotopic (exact) mass is 491 g/mol. The maximum Gasteiger partial charge on any atom is 0.251 e. The number of carbonyl (C=O) groups is 2. The van der Waals surface area contributed by atoms with Crippen molar-refractivity contribution in [2.45, 2.75) is 39.3 Å². The summed E-state index contributed by atoms with van der Waals surface area (Å²) in [4.78, 5) is 31.7. The van der Waals surface area contributed by atoms with Gasteiger partial charge in [-0.1, -0.05) is 45.0 Å². The fourth-order valence-electron chi connectivity index (χ4n) is 4.31. The van der Waals surface area contributed by atoms with Crippen molar-refractivity contribution in [1.29, 1.82) is 0 Å². The summed E-state index contributed by atoms with van der Waals surface area (Å²) in [5, 5.41) is 5.47. The zero-order chi connectivity index (χ0) is 24.8. The number of ether oxygens (including phenoxy) is 1. The summed E-state index contributed by atoms with van der Waals surface area (Å²) >= 11 is 1.50. The highest BCUT2D eigenvalue weighted by molar-refractivity contribution is 7.10. The van der Waals surface area contributed by atoms with Gasteiger partial charge in [0.25, 0.3) is 5.91 Å². The van der Waals surface area contributed by atoms with Crippen LogP contribution in [0.25, 0.3) is 0 Å². The molecule has 0 saturated carbocycles. The van der Waals surface area contributed by atoms with Crippen molar-refractivity contribution in [3.05, 3.63) is 77.0 Å². The fraction of sp³-hybridized carbons (Fsp3) is 0.357. The van der Waals surface area contributed by atoms with Gasteiger partial charge >= 0.3 is 0 Å². The van der Waals surface area contributed by atoms with Crippen LogP contribution in [0.4, 0.5) is 5.69 Å². The number of thiophene rings is 1. The summed E-state index contributed by atoms with van der Waals surface area (Å²) in [6, 6.07) is 20.4. The molecule has 0 aliphatic carbocycles. The second-order valence-electron chi connectivity index (χ2n) is 9.03. The van der Waals surface area contributed by atoms with Crippen LogP contribution in [0.15, 0.2) is 72.1 Å². The maximum atomic E-state index is 14.0. The largest absolute Gasteiger partial charge is 0.457 e. The van der Waals surface area contributed by atoms with Crippen molar-refractivity contribution in [1.82, 2.24) is 10.2 Å². The van der Waals surface area contributed by atoms with Crippen LogP contribution in [0, 0.1) is 5.92 Å². The first-order chi connectivity index (χ1) is 17.0. The molecule has 0 radical (unpaired) electrons. The van der Waals surface area contributed by atoms with Crippen LogP contribution in [-0.4, -0.2) is 42.4 Å². The number of nitrogens with zero attached hydrogens (tertiary/aromatic N) is 2. The van der Waals surface area contributed by atoms with Gasteiger partial charge in [0.1, 0.15) is 17.5 Å². The third-order valence-corrected chi connectivity index (χ3v) is 7.22. The highest BCUT2D eigenvalue weighted by Crippen LogP contribution is 2.34. The Morgan fingerprint density at radius 1 is 1.06 bits per heavy atom. The molecule has 7 heteroatoms. The molecule has 1 fully saturated rings. The first-order valence-corrected chi connectivity index (χ1v) is 13.1. The average Bonchev–Trinajstić information content (AvgIpc) is 3.42. The van der Waals surface area contributed by atoms with Crippen molar-refractivity contribution in [2.24, 2.45) is 5.92 Å². The van der Waals surface area contributed by atoms with Crippen molar-refractivity contribution in [2.75, 3.05) is 24.5 Å². The average molecular weight is 492 g/mol. The molecular weight excluding hydrogens is 458 g/mol. The van der Waals surface area contributed by atoms with Crippen LogP contribution in [-0.2, 0) is 9.59 Å². The van der Waals surface area contributed by atoms with E-state index in [1.807, 2.05) is 83.9 Å². The van der Waals surface area contributed by atoms with Gasteiger partial charge in [-0.25, -0.2) is 0 Å². The van der Waals surface area contributed by atoms with E-state index in [1.54, 1.807) is 4.90 Å². The molecule has 2 amide bonds. The van der Waals surface area contributed by atoms with E-state index in [0.717, 1.165) is 17.2 Å². The number of anilines is 1. The molecule has 4 rings (SSSR count). The lowest BCUT2D eigenvalue weighted by molar-refractivity contribution is -0.136. The molecule has 2 aromatic carbocycles. The maximum absolute atomic E-state index is 14.0. The SMILES string of the molecule is CCC(=O)N(c1ccc(Oc2ccccc2)cc1)C(C(=O)N1CCN[C@@H](C(C)C)C1)c1cccs1. The zero-order valence-electron chi connectivity index (χ0n) is 20.5. The smallest absolute Gasteiger partial charge is 0.251 e. The number of carbonyl (C=O) groups excluding carboxylic acids is 2. The minimum atomic E-state index is -0.700. The van der Waals surface area contributed by atoms with Crippen molar-refractivity contribution < 1.29 is 14.3 Å². The number of amides is 2. The number of hydrogen-bond acceptors (Lipinski definition) is 5. The van der Waals surface area contributed by atoms with Gasteiger partial charge in [0.15, 0.2) is 0 Å². The normalized spacial score (nSPS) is 16.7. The molecule has 6 nitrogen and oxygen atoms in total. The van der Waals surface area contributed by atoms with Crippen molar-refractivity contribution in [3.8, 4) is 11.5 Å². The number of para-hydroxylation sites is 1. The molecule has 0 spiro atoms. The first-order valence-electron chi connectivity index (χ1n) is 12.2. The second-order valence-corrected chi connectivity index (χ2v) is 10.0. The van der Waals surface area contributed by atoms with Gasteiger partial charge in [-0.05, 0) is 53.8 Å². The van der Waals surface area contributed by atoms with E-state index in [4.69, 9.17) is 4.74 Å². The Bertz CT molecular complexity index is 1100.